The Morgan fingerprint density at radius 3 is 2.17 bits per heavy atom. The monoisotopic (exact) mass is 348 g/mol. The lowest BCUT2D eigenvalue weighted by molar-refractivity contribution is 0.0376. The van der Waals surface area contributed by atoms with Crippen molar-refractivity contribution in [2.75, 3.05) is 31.1 Å². The van der Waals surface area contributed by atoms with E-state index in [0.717, 1.165) is 38.5 Å². The Bertz CT molecular complexity index is 682. The van der Waals surface area contributed by atoms with Gasteiger partial charge in [-0.25, -0.2) is 8.42 Å². The predicted octanol–water partition coefficient (Wildman–Crippen LogP) is 1.94. The van der Waals surface area contributed by atoms with Crippen molar-refractivity contribution < 1.29 is 8.42 Å². The third-order valence-corrected chi connectivity index (χ3v) is 7.61. The van der Waals surface area contributed by atoms with Crippen molar-refractivity contribution >= 4 is 9.84 Å². The molecule has 1 saturated carbocycles. The van der Waals surface area contributed by atoms with Crippen LogP contribution in [0.4, 0.5) is 0 Å². The molecule has 0 aromatic heterocycles. The van der Waals surface area contributed by atoms with Gasteiger partial charge >= 0.3 is 0 Å². The average molecular weight is 349 g/mol. The molecule has 0 spiro atoms. The molecular formula is C19H28N2O2S. The molecule has 0 N–H and O–H groups in total. The van der Waals surface area contributed by atoms with Gasteiger partial charge in [0.1, 0.15) is 0 Å². The van der Waals surface area contributed by atoms with Crippen molar-refractivity contribution in [3.8, 4) is 0 Å². The lowest BCUT2D eigenvalue weighted by Gasteiger charge is -2.44. The first-order valence-electron chi connectivity index (χ1n) is 9.30. The Hall–Kier alpha value is -0.910. The van der Waals surface area contributed by atoms with Crippen LogP contribution in [-0.4, -0.2) is 61.4 Å². The zero-order valence-corrected chi connectivity index (χ0v) is 15.3. The Balaban J connectivity index is 1.49. The number of rotatable bonds is 5. The molecule has 1 aliphatic carbocycles. The maximum atomic E-state index is 12.3. The molecule has 5 heteroatoms. The number of aryl methyl sites for hydroxylation is 1. The number of hydrogen-bond donors (Lipinski definition) is 0. The van der Waals surface area contributed by atoms with Crippen LogP contribution in [0, 0.1) is 5.92 Å². The second kappa shape index (κ2) is 6.43. The summed E-state index contributed by atoms with van der Waals surface area (Å²) in [5.41, 5.74) is 2.65. The van der Waals surface area contributed by atoms with Gasteiger partial charge in [0.15, 0.2) is 9.84 Å². The fourth-order valence-corrected chi connectivity index (χ4v) is 6.31. The van der Waals surface area contributed by atoms with Crippen LogP contribution in [0.1, 0.15) is 30.9 Å². The zero-order chi connectivity index (χ0) is 16.7. The quantitative estimate of drug-likeness (QED) is 0.815. The molecule has 2 atom stereocenters. The maximum absolute atomic E-state index is 12.3. The van der Waals surface area contributed by atoms with Gasteiger partial charge in [-0.3, -0.25) is 9.80 Å². The highest BCUT2D eigenvalue weighted by molar-refractivity contribution is 7.91. The summed E-state index contributed by atoms with van der Waals surface area (Å²) >= 11 is 0. The van der Waals surface area contributed by atoms with E-state index in [4.69, 9.17) is 0 Å². The Kier molecular flexibility index (Phi) is 4.43. The molecule has 4 nitrogen and oxygen atoms in total. The number of hydrogen-bond acceptors (Lipinski definition) is 4. The fourth-order valence-electron chi connectivity index (χ4n) is 4.27. The normalized spacial score (nSPS) is 30.4. The minimum Gasteiger partial charge on any atom is -0.296 e. The van der Waals surface area contributed by atoms with E-state index >= 15 is 0 Å². The van der Waals surface area contributed by atoms with E-state index in [0.29, 0.717) is 11.5 Å². The molecule has 2 saturated heterocycles. The fraction of sp³-hybridized carbons (Fsp3) is 0.684. The molecule has 2 aliphatic heterocycles. The van der Waals surface area contributed by atoms with E-state index in [-0.39, 0.29) is 12.1 Å². The van der Waals surface area contributed by atoms with Gasteiger partial charge in [0.25, 0.3) is 0 Å². The molecule has 3 aliphatic rings. The highest BCUT2D eigenvalue weighted by Crippen LogP contribution is 2.34. The molecule has 132 valence electrons. The summed E-state index contributed by atoms with van der Waals surface area (Å²) in [6, 6.07) is 9.18. The van der Waals surface area contributed by atoms with Gasteiger partial charge in [-0.1, -0.05) is 31.2 Å². The minimum absolute atomic E-state index is 0.174. The summed E-state index contributed by atoms with van der Waals surface area (Å²) in [4.78, 5) is 4.89. The second-order valence-corrected chi connectivity index (χ2v) is 9.94. The van der Waals surface area contributed by atoms with Crippen LogP contribution in [0.2, 0.25) is 0 Å². The van der Waals surface area contributed by atoms with Gasteiger partial charge in [-0.2, -0.15) is 0 Å². The largest absolute Gasteiger partial charge is 0.296 e. The molecule has 3 fully saturated rings. The van der Waals surface area contributed by atoms with Crippen LogP contribution in [0.3, 0.4) is 0 Å². The van der Waals surface area contributed by atoms with E-state index in [1.165, 1.54) is 24.0 Å². The SMILES string of the molecule is CCc1ccc(CN2CCN(CC3CC3)[C@@H]3CS(=O)(=O)C[C@@H]32)cc1. The lowest BCUT2D eigenvalue weighted by Crippen LogP contribution is -2.59. The van der Waals surface area contributed by atoms with Gasteiger partial charge in [-0.05, 0) is 36.3 Å². The van der Waals surface area contributed by atoms with Crippen molar-refractivity contribution in [2.45, 2.75) is 44.8 Å². The number of sulfone groups is 1. The predicted molar refractivity (Wildman–Crippen MR) is 96.8 cm³/mol. The third-order valence-electron chi connectivity index (χ3n) is 5.91. The van der Waals surface area contributed by atoms with Crippen LogP contribution >= 0.6 is 0 Å². The summed E-state index contributed by atoms with van der Waals surface area (Å²) in [6.07, 6.45) is 3.71. The first-order chi connectivity index (χ1) is 11.5. The van der Waals surface area contributed by atoms with E-state index in [9.17, 15) is 8.42 Å². The van der Waals surface area contributed by atoms with E-state index in [1.807, 2.05) is 0 Å². The molecule has 0 amide bonds. The molecule has 1 aromatic carbocycles. The Morgan fingerprint density at radius 1 is 0.958 bits per heavy atom. The molecule has 0 bridgehead atoms. The molecule has 24 heavy (non-hydrogen) atoms. The van der Waals surface area contributed by atoms with Gasteiger partial charge in [0.2, 0.25) is 0 Å². The van der Waals surface area contributed by atoms with Crippen LogP contribution in [0.25, 0.3) is 0 Å². The smallest absolute Gasteiger partial charge is 0.153 e. The van der Waals surface area contributed by atoms with Crippen LogP contribution in [0.5, 0.6) is 0 Å². The van der Waals surface area contributed by atoms with Crippen molar-refractivity contribution in [3.05, 3.63) is 35.4 Å². The Morgan fingerprint density at radius 2 is 1.54 bits per heavy atom. The first-order valence-corrected chi connectivity index (χ1v) is 11.1. The van der Waals surface area contributed by atoms with Crippen LogP contribution < -0.4 is 0 Å². The summed E-state index contributed by atoms with van der Waals surface area (Å²) < 4.78 is 24.5. The van der Waals surface area contributed by atoms with Gasteiger partial charge < -0.3 is 0 Å². The highest BCUT2D eigenvalue weighted by Gasteiger charge is 2.47. The van der Waals surface area contributed by atoms with Crippen molar-refractivity contribution in [2.24, 2.45) is 5.92 Å². The van der Waals surface area contributed by atoms with E-state index < -0.39 is 9.84 Å². The molecule has 0 radical (unpaired) electrons. The topological polar surface area (TPSA) is 40.6 Å². The van der Waals surface area contributed by atoms with Gasteiger partial charge in [0.05, 0.1) is 11.5 Å². The van der Waals surface area contributed by atoms with E-state index in [2.05, 4.69) is 41.0 Å². The average Bonchev–Trinajstić information content (AvgIpc) is 3.31. The molecular weight excluding hydrogens is 320 g/mol. The maximum Gasteiger partial charge on any atom is 0.153 e. The summed E-state index contributed by atoms with van der Waals surface area (Å²) in [6.45, 7) is 6.15. The molecule has 2 heterocycles. The number of fused-ring (bicyclic) bond motifs is 1. The second-order valence-electron chi connectivity index (χ2n) is 7.79. The molecule has 4 rings (SSSR count). The highest BCUT2D eigenvalue weighted by atomic mass is 32.2. The van der Waals surface area contributed by atoms with Crippen molar-refractivity contribution in [1.82, 2.24) is 9.80 Å². The van der Waals surface area contributed by atoms with Crippen molar-refractivity contribution in [1.29, 1.82) is 0 Å². The standard InChI is InChI=1S/C19H28N2O2S/c1-2-15-3-5-16(6-4-15)11-20-9-10-21(12-17-7-8-17)19-14-24(22,23)13-18(19)20/h3-6,17-19H,2,7-14H2,1H3/t18-,19+/m0/s1. The summed E-state index contributed by atoms with van der Waals surface area (Å²) in [7, 11) is -2.90. The molecule has 0 unspecified atom stereocenters. The number of benzene rings is 1. The van der Waals surface area contributed by atoms with Gasteiger partial charge in [-0.15, -0.1) is 0 Å². The first kappa shape index (κ1) is 16.6. The number of piperazine rings is 1. The van der Waals surface area contributed by atoms with Crippen molar-refractivity contribution in [3.63, 3.8) is 0 Å². The van der Waals surface area contributed by atoms with Crippen LogP contribution in [-0.2, 0) is 22.8 Å². The van der Waals surface area contributed by atoms with E-state index in [1.54, 1.807) is 0 Å². The summed E-state index contributed by atoms with van der Waals surface area (Å²) in [5, 5.41) is 0. The van der Waals surface area contributed by atoms with Crippen LogP contribution in [0.15, 0.2) is 24.3 Å². The minimum atomic E-state index is -2.90. The third kappa shape index (κ3) is 3.53. The summed E-state index contributed by atoms with van der Waals surface area (Å²) in [5.74, 6) is 1.52. The number of nitrogens with zero attached hydrogens (tertiary/aromatic N) is 2. The molecule has 1 aromatic rings. The zero-order valence-electron chi connectivity index (χ0n) is 14.5. The lowest BCUT2D eigenvalue weighted by atomic mass is 10.0. The van der Waals surface area contributed by atoms with Gasteiger partial charge in [0, 0.05) is 38.3 Å². The Labute approximate surface area is 145 Å².